The van der Waals surface area contributed by atoms with Crippen molar-refractivity contribution in [1.29, 1.82) is 0 Å². The number of aryl methyl sites for hydroxylation is 2. The maximum atomic E-state index is 13.3. The zero-order valence-electron chi connectivity index (χ0n) is 26.7. The standard InChI is InChI=1S/C32H51N7O3/c1-23(40)33-17-20-39(18-9-8-12-25-14-13-24-11-10-16-34-29(24)37-25)19-15-26(30(41)42-32(5,6)7)38-28-21-27(31(2,3)4)35-22-36-28/h13-14,21-22,26H,8-12,15-20H2,1-7H3,(H,33,40)(H,34,37)(H,35,36,38). The van der Waals surface area contributed by atoms with Crippen LogP contribution in [-0.2, 0) is 32.6 Å². The minimum absolute atomic E-state index is 0.0474. The molecular weight excluding hydrogens is 530 g/mol. The lowest BCUT2D eigenvalue weighted by molar-refractivity contribution is -0.156. The maximum Gasteiger partial charge on any atom is 0.329 e. The van der Waals surface area contributed by atoms with Crippen molar-refractivity contribution < 1.29 is 14.3 Å². The summed E-state index contributed by atoms with van der Waals surface area (Å²) >= 11 is 0. The average molecular weight is 582 g/mol. The number of unbranched alkanes of at least 4 members (excludes halogenated alkanes) is 1. The Balaban J connectivity index is 1.63. The van der Waals surface area contributed by atoms with Gasteiger partial charge in [0.1, 0.15) is 29.6 Å². The summed E-state index contributed by atoms with van der Waals surface area (Å²) in [6, 6.07) is 5.67. The SMILES string of the molecule is CC(=O)NCCN(CCCCc1ccc2c(n1)NCCC2)CCC(Nc1cc(C(C)(C)C)ncn1)C(=O)OC(C)(C)C. The summed E-state index contributed by atoms with van der Waals surface area (Å²) in [5, 5.41) is 9.64. The van der Waals surface area contributed by atoms with Crippen LogP contribution >= 0.6 is 0 Å². The lowest BCUT2D eigenvalue weighted by Gasteiger charge is -2.28. The number of carbonyl (C=O) groups excluding carboxylic acids is 2. The van der Waals surface area contributed by atoms with Crippen molar-refractivity contribution in [2.24, 2.45) is 0 Å². The first-order valence-electron chi connectivity index (χ1n) is 15.3. The summed E-state index contributed by atoms with van der Waals surface area (Å²) in [7, 11) is 0. The number of hydrogen-bond donors (Lipinski definition) is 3. The second kappa shape index (κ2) is 15.3. The van der Waals surface area contributed by atoms with Crippen molar-refractivity contribution in [3.05, 3.63) is 41.5 Å². The molecule has 0 saturated heterocycles. The van der Waals surface area contributed by atoms with Gasteiger partial charge in [-0.15, -0.1) is 0 Å². The minimum Gasteiger partial charge on any atom is -0.458 e. The Labute approximate surface area is 251 Å². The van der Waals surface area contributed by atoms with Crippen molar-refractivity contribution in [3.8, 4) is 0 Å². The van der Waals surface area contributed by atoms with Gasteiger partial charge >= 0.3 is 5.97 Å². The van der Waals surface area contributed by atoms with Crippen LogP contribution in [0.3, 0.4) is 0 Å². The molecular formula is C32H51N7O3. The first-order valence-corrected chi connectivity index (χ1v) is 15.3. The Morgan fingerprint density at radius 2 is 1.86 bits per heavy atom. The molecule has 3 N–H and O–H groups in total. The van der Waals surface area contributed by atoms with Crippen molar-refractivity contribution in [2.75, 3.05) is 43.4 Å². The van der Waals surface area contributed by atoms with Gasteiger partial charge in [0.05, 0.1) is 5.69 Å². The molecule has 10 heteroatoms. The number of pyridine rings is 1. The molecule has 2 aromatic heterocycles. The van der Waals surface area contributed by atoms with Gasteiger partial charge < -0.3 is 25.6 Å². The van der Waals surface area contributed by atoms with Crippen LogP contribution in [0.5, 0.6) is 0 Å². The third-order valence-electron chi connectivity index (χ3n) is 7.09. The number of anilines is 2. The van der Waals surface area contributed by atoms with Gasteiger partial charge in [-0.05, 0) is 77.5 Å². The molecule has 0 fully saturated rings. The van der Waals surface area contributed by atoms with Crippen LogP contribution in [0.1, 0.15) is 91.1 Å². The molecule has 0 aromatic carbocycles. The second-order valence-electron chi connectivity index (χ2n) is 13.2. The monoisotopic (exact) mass is 581 g/mol. The van der Waals surface area contributed by atoms with Gasteiger partial charge in [0.15, 0.2) is 0 Å². The number of fused-ring (bicyclic) bond motifs is 1. The molecule has 232 valence electrons. The molecule has 1 unspecified atom stereocenters. The van der Waals surface area contributed by atoms with E-state index in [0.717, 1.165) is 62.4 Å². The van der Waals surface area contributed by atoms with Gasteiger partial charge in [0, 0.05) is 50.3 Å². The van der Waals surface area contributed by atoms with Crippen molar-refractivity contribution in [3.63, 3.8) is 0 Å². The lowest BCUT2D eigenvalue weighted by Crippen LogP contribution is -2.41. The molecule has 0 aliphatic carbocycles. The van der Waals surface area contributed by atoms with Gasteiger partial charge in [0.25, 0.3) is 0 Å². The molecule has 1 amide bonds. The molecule has 10 nitrogen and oxygen atoms in total. The predicted molar refractivity (Wildman–Crippen MR) is 168 cm³/mol. The number of hydrogen-bond acceptors (Lipinski definition) is 9. The largest absolute Gasteiger partial charge is 0.458 e. The highest BCUT2D eigenvalue weighted by Gasteiger charge is 2.27. The van der Waals surface area contributed by atoms with E-state index in [4.69, 9.17) is 9.72 Å². The topological polar surface area (TPSA) is 121 Å². The second-order valence-corrected chi connectivity index (χ2v) is 13.2. The van der Waals surface area contributed by atoms with Crippen LogP contribution in [0.25, 0.3) is 0 Å². The van der Waals surface area contributed by atoms with E-state index in [1.54, 1.807) is 0 Å². The van der Waals surface area contributed by atoms with E-state index < -0.39 is 11.6 Å². The Kier molecular flexibility index (Phi) is 12.1. The zero-order chi connectivity index (χ0) is 30.8. The first kappa shape index (κ1) is 33.2. The molecule has 0 saturated carbocycles. The number of amides is 1. The maximum absolute atomic E-state index is 13.3. The summed E-state index contributed by atoms with van der Waals surface area (Å²) in [6.07, 6.45) is 7.21. The van der Waals surface area contributed by atoms with E-state index in [0.29, 0.717) is 31.9 Å². The number of carbonyl (C=O) groups is 2. The summed E-state index contributed by atoms with van der Waals surface area (Å²) in [4.78, 5) is 40.7. The number of esters is 1. The molecule has 1 aliphatic heterocycles. The number of aromatic nitrogens is 3. The number of ether oxygens (including phenoxy) is 1. The van der Waals surface area contributed by atoms with E-state index in [9.17, 15) is 9.59 Å². The lowest BCUT2D eigenvalue weighted by atomic mass is 9.92. The number of nitrogens with one attached hydrogen (secondary N) is 3. The quantitative estimate of drug-likeness (QED) is 0.219. The molecule has 1 atom stereocenters. The predicted octanol–water partition coefficient (Wildman–Crippen LogP) is 4.50. The van der Waals surface area contributed by atoms with Gasteiger partial charge in [-0.2, -0.15) is 0 Å². The molecule has 1 aliphatic rings. The van der Waals surface area contributed by atoms with Crippen molar-refractivity contribution in [2.45, 2.75) is 104 Å². The Morgan fingerprint density at radius 1 is 1.07 bits per heavy atom. The fraction of sp³-hybridized carbons (Fsp3) is 0.656. The summed E-state index contributed by atoms with van der Waals surface area (Å²) in [5.41, 5.74) is 2.56. The van der Waals surface area contributed by atoms with Crippen LogP contribution in [0.2, 0.25) is 0 Å². The molecule has 0 bridgehead atoms. The minimum atomic E-state index is -0.607. The van der Waals surface area contributed by atoms with E-state index in [1.165, 1.54) is 18.8 Å². The van der Waals surface area contributed by atoms with Crippen LogP contribution < -0.4 is 16.0 Å². The highest BCUT2D eigenvalue weighted by atomic mass is 16.6. The van der Waals surface area contributed by atoms with Crippen LogP contribution in [-0.4, -0.2) is 76.1 Å². The van der Waals surface area contributed by atoms with E-state index in [2.05, 4.69) is 63.7 Å². The summed E-state index contributed by atoms with van der Waals surface area (Å²) in [6.45, 7) is 17.2. The zero-order valence-corrected chi connectivity index (χ0v) is 26.7. The van der Waals surface area contributed by atoms with Gasteiger partial charge in [0.2, 0.25) is 5.91 Å². The molecule has 3 rings (SSSR count). The number of nitrogens with zero attached hydrogens (tertiary/aromatic N) is 4. The van der Waals surface area contributed by atoms with Crippen molar-refractivity contribution >= 4 is 23.5 Å². The molecule has 42 heavy (non-hydrogen) atoms. The van der Waals surface area contributed by atoms with Crippen LogP contribution in [0.4, 0.5) is 11.6 Å². The smallest absolute Gasteiger partial charge is 0.329 e. The van der Waals surface area contributed by atoms with E-state index in [-0.39, 0.29) is 17.3 Å². The van der Waals surface area contributed by atoms with E-state index in [1.807, 2.05) is 26.8 Å². The van der Waals surface area contributed by atoms with Gasteiger partial charge in [-0.1, -0.05) is 26.8 Å². The highest BCUT2D eigenvalue weighted by molar-refractivity contribution is 5.79. The number of rotatable bonds is 14. The van der Waals surface area contributed by atoms with E-state index >= 15 is 0 Å². The van der Waals surface area contributed by atoms with Crippen LogP contribution in [0.15, 0.2) is 24.5 Å². The fourth-order valence-electron chi connectivity index (χ4n) is 4.83. The Bertz CT molecular complexity index is 1170. The molecule has 0 spiro atoms. The Hall–Kier alpha value is -3.27. The third kappa shape index (κ3) is 11.5. The molecule has 0 radical (unpaired) electrons. The highest BCUT2D eigenvalue weighted by Crippen LogP contribution is 2.23. The van der Waals surface area contributed by atoms with Gasteiger partial charge in [-0.25, -0.2) is 19.7 Å². The fourth-order valence-corrected chi connectivity index (χ4v) is 4.83. The van der Waals surface area contributed by atoms with Gasteiger partial charge in [-0.3, -0.25) is 4.79 Å². The van der Waals surface area contributed by atoms with Crippen molar-refractivity contribution in [1.82, 2.24) is 25.2 Å². The average Bonchev–Trinajstić information content (AvgIpc) is 2.91. The third-order valence-corrected chi connectivity index (χ3v) is 7.09. The Morgan fingerprint density at radius 3 is 2.57 bits per heavy atom. The summed E-state index contributed by atoms with van der Waals surface area (Å²) in [5.74, 6) is 1.28. The summed E-state index contributed by atoms with van der Waals surface area (Å²) < 4.78 is 5.77. The molecule has 2 aromatic rings. The van der Waals surface area contributed by atoms with Crippen LogP contribution in [0, 0.1) is 0 Å². The normalized spacial score (nSPS) is 14.1. The first-order chi connectivity index (χ1) is 19.8. The molecule has 3 heterocycles.